The number of hydrogen-bond acceptors (Lipinski definition) is 2. The Bertz CT molecular complexity index is 1830. The molecule has 0 fully saturated rings. The zero-order valence-corrected chi connectivity index (χ0v) is 31.4. The zero-order valence-electron chi connectivity index (χ0n) is 27.4. The van der Waals surface area contributed by atoms with E-state index >= 15 is 0 Å². The summed E-state index contributed by atoms with van der Waals surface area (Å²) in [5.74, 6) is 0. The molecule has 6 aromatic rings. The molecule has 0 aromatic heterocycles. The van der Waals surface area contributed by atoms with Crippen molar-refractivity contribution in [3.8, 4) is 0 Å². The molecule has 0 saturated carbocycles. The first-order chi connectivity index (χ1) is 24.6. The van der Waals surface area contributed by atoms with E-state index < -0.39 is 20.1 Å². The highest BCUT2D eigenvalue weighted by Crippen LogP contribution is 2.43. The lowest BCUT2D eigenvalue weighted by Crippen LogP contribution is -2.23. The Labute approximate surface area is 313 Å². The lowest BCUT2D eigenvalue weighted by atomic mass is 9.94. The molecule has 1 aliphatic heterocycles. The Morgan fingerprint density at radius 3 is 1.08 bits per heavy atom. The number of rotatable bonds is 4. The SMILES string of the molecule is C1=N[C@H](c2ccccc2)[C@@H](c2ccccc2)N=Cc2ccccc2P(c2ccccc2)CCP(c2ccccc2)c2ccccc21.ClC(Cl)Cl. The number of fused-ring (bicyclic) bond motifs is 2. The van der Waals surface area contributed by atoms with Gasteiger partial charge in [-0.05, 0) is 60.5 Å². The van der Waals surface area contributed by atoms with Crippen LogP contribution in [0.2, 0.25) is 0 Å². The van der Waals surface area contributed by atoms with Gasteiger partial charge in [-0.15, -0.1) is 0 Å². The first-order valence-corrected chi connectivity index (χ1v) is 20.9. The fraction of sp³-hybridized carbons (Fsp3) is 0.116. The van der Waals surface area contributed by atoms with Gasteiger partial charge >= 0.3 is 0 Å². The van der Waals surface area contributed by atoms with Gasteiger partial charge in [0.2, 0.25) is 0 Å². The average molecular weight is 750 g/mol. The van der Waals surface area contributed by atoms with Gasteiger partial charge in [0.05, 0.1) is 0 Å². The number of halogens is 3. The number of aliphatic imine (C=N–C) groups is 2. The molecule has 250 valence electrons. The van der Waals surface area contributed by atoms with Crippen molar-refractivity contribution < 1.29 is 0 Å². The number of nitrogens with zero attached hydrogens (tertiary/aromatic N) is 2. The Morgan fingerprint density at radius 2 is 0.720 bits per heavy atom. The second kappa shape index (κ2) is 18.6. The lowest BCUT2D eigenvalue weighted by molar-refractivity contribution is 0.583. The Balaban J connectivity index is 0.00000103. The molecule has 1 aliphatic rings. The van der Waals surface area contributed by atoms with Gasteiger partial charge in [0.25, 0.3) is 0 Å². The van der Waals surface area contributed by atoms with Gasteiger partial charge in [0, 0.05) is 23.6 Å². The standard InChI is InChI=1S/C42H36N2P2.CHCl3/c1-5-17-33(18-6-1)41-42(34-19-7-2-8-20-34)44-32-36-22-14-16-28-40(36)46(38-25-11-4-12-26-38)30-29-45(37-23-9-3-10-24-37)39-27-15-13-21-35(39)31-43-41;2-1(3)4/h1-28,31-32,41-42H,29-30H2;1H/t41-,42-,45?,46?;/m1./s1. The van der Waals surface area contributed by atoms with Crippen molar-refractivity contribution in [3.63, 3.8) is 0 Å². The number of hydrogen-bond donors (Lipinski definition) is 0. The van der Waals surface area contributed by atoms with Crippen LogP contribution in [0.5, 0.6) is 0 Å². The van der Waals surface area contributed by atoms with E-state index in [1.165, 1.54) is 32.3 Å². The van der Waals surface area contributed by atoms with Gasteiger partial charge in [0.1, 0.15) is 12.1 Å². The zero-order chi connectivity index (χ0) is 34.5. The van der Waals surface area contributed by atoms with E-state index in [0.717, 1.165) is 23.5 Å². The molecule has 2 unspecified atom stereocenters. The topological polar surface area (TPSA) is 24.7 Å². The normalized spacial score (nSPS) is 19.0. The molecule has 0 amide bonds. The maximum atomic E-state index is 5.40. The van der Waals surface area contributed by atoms with E-state index in [1.807, 2.05) is 0 Å². The van der Waals surface area contributed by atoms with Crippen molar-refractivity contribution in [2.45, 2.75) is 16.4 Å². The van der Waals surface area contributed by atoms with Gasteiger partial charge in [0.15, 0.2) is 4.30 Å². The van der Waals surface area contributed by atoms with E-state index in [1.54, 1.807) is 0 Å². The summed E-state index contributed by atoms with van der Waals surface area (Å²) >= 11 is 14.4. The van der Waals surface area contributed by atoms with Crippen molar-refractivity contribution in [3.05, 3.63) is 192 Å². The van der Waals surface area contributed by atoms with Crippen molar-refractivity contribution in [1.82, 2.24) is 0 Å². The van der Waals surface area contributed by atoms with Crippen molar-refractivity contribution in [2.75, 3.05) is 12.3 Å². The highest BCUT2D eigenvalue weighted by molar-refractivity contribution is 7.76. The summed E-state index contributed by atoms with van der Waals surface area (Å²) in [6.07, 6.45) is 6.42. The molecule has 2 nitrogen and oxygen atoms in total. The second-order valence-electron chi connectivity index (χ2n) is 11.6. The highest BCUT2D eigenvalue weighted by atomic mass is 35.6. The van der Waals surface area contributed by atoms with Crippen LogP contribution in [-0.2, 0) is 0 Å². The van der Waals surface area contributed by atoms with Crippen LogP contribution in [0.4, 0.5) is 0 Å². The minimum absolute atomic E-state index is 0.193. The molecular formula is C43H37Cl3N2P2. The molecule has 50 heavy (non-hydrogen) atoms. The molecule has 7 rings (SSSR count). The first-order valence-electron chi connectivity index (χ1n) is 16.5. The maximum absolute atomic E-state index is 5.40. The molecule has 0 saturated heterocycles. The van der Waals surface area contributed by atoms with Crippen LogP contribution in [0.3, 0.4) is 0 Å². The van der Waals surface area contributed by atoms with Crippen LogP contribution in [-0.4, -0.2) is 29.0 Å². The first kappa shape index (κ1) is 36.2. The third-order valence-electron chi connectivity index (χ3n) is 8.47. The maximum Gasteiger partial charge on any atom is 0.180 e. The Kier molecular flexibility index (Phi) is 13.4. The lowest BCUT2D eigenvalue weighted by Gasteiger charge is -2.27. The summed E-state index contributed by atoms with van der Waals surface area (Å²) in [5, 5.41) is 5.58. The fourth-order valence-corrected chi connectivity index (χ4v) is 11.8. The van der Waals surface area contributed by atoms with Crippen LogP contribution in [0.1, 0.15) is 34.3 Å². The van der Waals surface area contributed by atoms with Crippen LogP contribution >= 0.6 is 50.6 Å². The largest absolute Gasteiger partial charge is 0.282 e. The molecule has 0 spiro atoms. The van der Waals surface area contributed by atoms with Gasteiger partial charge in [-0.2, -0.15) is 0 Å². The molecule has 7 heteroatoms. The predicted octanol–water partition coefficient (Wildman–Crippen LogP) is 10.6. The summed E-state index contributed by atoms with van der Waals surface area (Å²) in [7, 11) is -1.26. The van der Waals surface area contributed by atoms with E-state index in [9.17, 15) is 0 Å². The minimum Gasteiger partial charge on any atom is -0.282 e. The average Bonchev–Trinajstić information content (AvgIpc) is 3.16. The third-order valence-corrected chi connectivity index (χ3v) is 14.0. The summed E-state index contributed by atoms with van der Waals surface area (Å²) in [5.41, 5.74) is 4.69. The molecule has 0 bridgehead atoms. The Morgan fingerprint density at radius 1 is 0.420 bits per heavy atom. The third kappa shape index (κ3) is 9.58. The predicted molar refractivity (Wildman–Crippen MR) is 223 cm³/mol. The molecule has 0 radical (unpaired) electrons. The van der Waals surface area contributed by atoms with E-state index in [0.29, 0.717) is 0 Å². The van der Waals surface area contributed by atoms with E-state index in [-0.39, 0.29) is 12.1 Å². The highest BCUT2D eigenvalue weighted by Gasteiger charge is 2.26. The van der Waals surface area contributed by atoms with Crippen molar-refractivity contribution in [2.24, 2.45) is 9.98 Å². The molecule has 0 aliphatic carbocycles. The van der Waals surface area contributed by atoms with Gasteiger partial charge in [-0.3, -0.25) is 9.98 Å². The molecular weight excluding hydrogens is 713 g/mol. The Hall–Kier alpha value is -3.61. The van der Waals surface area contributed by atoms with Crippen LogP contribution in [0.25, 0.3) is 0 Å². The summed E-state index contributed by atoms with van der Waals surface area (Å²) in [6.45, 7) is 0. The molecule has 6 aromatic carbocycles. The van der Waals surface area contributed by atoms with Gasteiger partial charge in [-0.25, -0.2) is 0 Å². The molecule has 4 atom stereocenters. The van der Waals surface area contributed by atoms with Crippen LogP contribution in [0, 0.1) is 0 Å². The second-order valence-corrected chi connectivity index (χ2v) is 18.2. The summed E-state index contributed by atoms with van der Waals surface area (Å²) < 4.78 is -0.750. The van der Waals surface area contributed by atoms with Gasteiger partial charge < -0.3 is 0 Å². The number of benzene rings is 6. The van der Waals surface area contributed by atoms with Crippen molar-refractivity contribution >= 4 is 84.3 Å². The van der Waals surface area contributed by atoms with E-state index in [2.05, 4.69) is 182 Å². The fourth-order valence-electron chi connectivity index (χ4n) is 6.20. The number of alkyl halides is 3. The minimum atomic E-state index is -0.750. The molecule has 0 N–H and O–H groups in total. The monoisotopic (exact) mass is 748 g/mol. The smallest absolute Gasteiger partial charge is 0.180 e. The summed E-state index contributed by atoms with van der Waals surface area (Å²) in [4.78, 5) is 10.8. The van der Waals surface area contributed by atoms with Crippen molar-refractivity contribution in [1.29, 1.82) is 0 Å². The quantitative estimate of drug-likeness (QED) is 0.127. The van der Waals surface area contributed by atoms with E-state index in [4.69, 9.17) is 44.8 Å². The van der Waals surface area contributed by atoms with Gasteiger partial charge in [-0.1, -0.05) is 205 Å². The van der Waals surface area contributed by atoms with Crippen LogP contribution in [0.15, 0.2) is 180 Å². The van der Waals surface area contributed by atoms with Crippen LogP contribution < -0.4 is 21.2 Å². The summed E-state index contributed by atoms with van der Waals surface area (Å²) in [6, 6.07) is 60.9. The molecule has 1 heterocycles.